The van der Waals surface area contributed by atoms with Crippen molar-refractivity contribution in [3.05, 3.63) is 53.8 Å². The van der Waals surface area contributed by atoms with E-state index in [0.717, 1.165) is 17.8 Å². The van der Waals surface area contributed by atoms with Crippen LogP contribution in [0.15, 0.2) is 36.4 Å². The summed E-state index contributed by atoms with van der Waals surface area (Å²) in [7, 11) is 3.82. The van der Waals surface area contributed by atoms with Crippen LogP contribution in [0, 0.1) is 17.5 Å². The molecular formula is C16H16F3N3O. The minimum atomic E-state index is -1.62. The van der Waals surface area contributed by atoms with Crippen molar-refractivity contribution < 1.29 is 18.0 Å². The van der Waals surface area contributed by atoms with Crippen molar-refractivity contribution in [2.24, 2.45) is 0 Å². The first kappa shape index (κ1) is 16.7. The monoisotopic (exact) mass is 323 g/mol. The molecule has 0 radical (unpaired) electrons. The molecule has 23 heavy (non-hydrogen) atoms. The molecule has 0 aliphatic rings. The van der Waals surface area contributed by atoms with Gasteiger partial charge in [-0.1, -0.05) is 0 Å². The number of hydrogen-bond donors (Lipinski definition) is 2. The van der Waals surface area contributed by atoms with E-state index in [2.05, 4.69) is 10.6 Å². The van der Waals surface area contributed by atoms with E-state index in [0.29, 0.717) is 5.69 Å². The van der Waals surface area contributed by atoms with Gasteiger partial charge >= 0.3 is 0 Å². The largest absolute Gasteiger partial charge is 0.378 e. The van der Waals surface area contributed by atoms with Crippen LogP contribution in [0.5, 0.6) is 0 Å². The number of amides is 1. The summed E-state index contributed by atoms with van der Waals surface area (Å²) in [5.41, 5.74) is 1.30. The number of nitrogens with zero attached hydrogens (tertiary/aromatic N) is 1. The maximum Gasteiger partial charge on any atom is 0.243 e. The highest BCUT2D eigenvalue weighted by molar-refractivity contribution is 5.93. The van der Waals surface area contributed by atoms with Crippen LogP contribution in [0.1, 0.15) is 0 Å². The SMILES string of the molecule is CN(C)c1ccc(NCC(=O)Nc2ccc(F)c(F)c2F)cc1. The Kier molecular flexibility index (Phi) is 5.10. The number of nitrogens with one attached hydrogen (secondary N) is 2. The van der Waals surface area contributed by atoms with Crippen LogP contribution in [0.25, 0.3) is 0 Å². The zero-order chi connectivity index (χ0) is 17.0. The van der Waals surface area contributed by atoms with Gasteiger partial charge in [0.05, 0.1) is 12.2 Å². The van der Waals surface area contributed by atoms with Gasteiger partial charge in [0.2, 0.25) is 5.91 Å². The Bertz CT molecular complexity index is 702. The maximum absolute atomic E-state index is 13.5. The first-order valence-electron chi connectivity index (χ1n) is 6.83. The molecule has 0 atom stereocenters. The zero-order valence-corrected chi connectivity index (χ0v) is 12.7. The Hall–Kier alpha value is -2.70. The van der Waals surface area contributed by atoms with Gasteiger partial charge in [-0.25, -0.2) is 13.2 Å². The summed E-state index contributed by atoms with van der Waals surface area (Å²) in [6.07, 6.45) is 0. The molecule has 0 unspecified atom stereocenters. The summed E-state index contributed by atoms with van der Waals surface area (Å²) in [4.78, 5) is 13.7. The first-order chi connectivity index (χ1) is 10.9. The Labute approximate surface area is 131 Å². The Morgan fingerprint density at radius 2 is 1.65 bits per heavy atom. The van der Waals surface area contributed by atoms with Gasteiger partial charge in [-0.15, -0.1) is 0 Å². The van der Waals surface area contributed by atoms with Gasteiger partial charge in [-0.3, -0.25) is 4.79 Å². The van der Waals surface area contributed by atoms with Crippen LogP contribution in [-0.4, -0.2) is 26.5 Å². The number of anilines is 3. The summed E-state index contributed by atoms with van der Waals surface area (Å²) in [6, 6.07) is 9.05. The second-order valence-electron chi connectivity index (χ2n) is 5.07. The summed E-state index contributed by atoms with van der Waals surface area (Å²) >= 11 is 0. The molecule has 0 saturated heterocycles. The molecule has 2 aromatic carbocycles. The van der Waals surface area contributed by atoms with Gasteiger partial charge in [0, 0.05) is 25.5 Å². The molecule has 122 valence electrons. The average molecular weight is 323 g/mol. The maximum atomic E-state index is 13.5. The van der Waals surface area contributed by atoms with E-state index in [1.54, 1.807) is 12.1 Å². The lowest BCUT2D eigenvalue weighted by atomic mass is 10.2. The molecule has 4 nitrogen and oxygen atoms in total. The van der Waals surface area contributed by atoms with Crippen LogP contribution in [0.2, 0.25) is 0 Å². The van der Waals surface area contributed by atoms with Gasteiger partial charge in [0.25, 0.3) is 0 Å². The zero-order valence-electron chi connectivity index (χ0n) is 12.7. The smallest absolute Gasteiger partial charge is 0.243 e. The molecule has 2 N–H and O–H groups in total. The van der Waals surface area contributed by atoms with Crippen LogP contribution in [0.3, 0.4) is 0 Å². The molecule has 1 amide bonds. The van der Waals surface area contributed by atoms with Crippen molar-refractivity contribution in [2.45, 2.75) is 0 Å². The van der Waals surface area contributed by atoms with Crippen molar-refractivity contribution in [3.63, 3.8) is 0 Å². The van der Waals surface area contributed by atoms with Crippen molar-refractivity contribution in [3.8, 4) is 0 Å². The lowest BCUT2D eigenvalue weighted by Gasteiger charge is -2.13. The fourth-order valence-electron chi connectivity index (χ4n) is 1.88. The van der Waals surface area contributed by atoms with Crippen LogP contribution in [0.4, 0.5) is 30.2 Å². The van der Waals surface area contributed by atoms with E-state index in [1.807, 2.05) is 31.1 Å². The summed E-state index contributed by atoms with van der Waals surface area (Å²) in [5, 5.41) is 5.04. The molecular weight excluding hydrogens is 307 g/mol. The third-order valence-electron chi connectivity index (χ3n) is 3.15. The predicted octanol–water partition coefficient (Wildman–Crippen LogP) is 3.22. The molecule has 0 fully saturated rings. The third-order valence-corrected chi connectivity index (χ3v) is 3.15. The van der Waals surface area contributed by atoms with Gasteiger partial charge in [0.1, 0.15) is 0 Å². The Morgan fingerprint density at radius 1 is 1.00 bits per heavy atom. The van der Waals surface area contributed by atoms with Crippen LogP contribution >= 0.6 is 0 Å². The van der Waals surface area contributed by atoms with Gasteiger partial charge in [-0.2, -0.15) is 0 Å². The van der Waals surface area contributed by atoms with E-state index >= 15 is 0 Å². The molecule has 0 saturated carbocycles. The highest BCUT2D eigenvalue weighted by Crippen LogP contribution is 2.19. The Balaban J connectivity index is 1.94. The molecule has 7 heteroatoms. The second kappa shape index (κ2) is 7.04. The highest BCUT2D eigenvalue weighted by atomic mass is 19.2. The standard InChI is InChI=1S/C16H16F3N3O/c1-22(2)11-5-3-10(4-6-11)20-9-14(23)21-13-8-7-12(17)15(18)16(13)19/h3-8,20H,9H2,1-2H3,(H,21,23). The van der Waals surface area contributed by atoms with E-state index in [1.165, 1.54) is 0 Å². The summed E-state index contributed by atoms with van der Waals surface area (Å²) in [5.74, 6) is -4.92. The van der Waals surface area contributed by atoms with Crippen molar-refractivity contribution in [2.75, 3.05) is 36.2 Å². The number of benzene rings is 2. The molecule has 0 heterocycles. The number of carbonyl (C=O) groups is 1. The number of carbonyl (C=O) groups excluding carboxylic acids is 1. The van der Waals surface area contributed by atoms with Gasteiger partial charge < -0.3 is 15.5 Å². The van der Waals surface area contributed by atoms with E-state index in [4.69, 9.17) is 0 Å². The fraction of sp³-hybridized carbons (Fsp3) is 0.188. The highest BCUT2D eigenvalue weighted by Gasteiger charge is 2.15. The summed E-state index contributed by atoms with van der Waals surface area (Å²) < 4.78 is 39.3. The Morgan fingerprint density at radius 3 is 2.26 bits per heavy atom. The minimum absolute atomic E-state index is 0.139. The molecule has 2 rings (SSSR count). The normalized spacial score (nSPS) is 10.3. The number of hydrogen-bond acceptors (Lipinski definition) is 3. The third kappa shape index (κ3) is 4.15. The average Bonchev–Trinajstić information content (AvgIpc) is 2.54. The summed E-state index contributed by atoms with van der Waals surface area (Å²) in [6.45, 7) is -0.139. The lowest BCUT2D eigenvalue weighted by molar-refractivity contribution is -0.114. The van der Waals surface area contributed by atoms with Crippen molar-refractivity contribution in [1.82, 2.24) is 0 Å². The molecule has 0 spiro atoms. The van der Waals surface area contributed by atoms with Gasteiger partial charge in [-0.05, 0) is 36.4 Å². The quantitative estimate of drug-likeness (QED) is 0.831. The topological polar surface area (TPSA) is 44.4 Å². The van der Waals surface area contributed by atoms with E-state index in [9.17, 15) is 18.0 Å². The van der Waals surface area contributed by atoms with E-state index in [-0.39, 0.29) is 6.54 Å². The molecule has 0 aromatic heterocycles. The molecule has 0 aliphatic carbocycles. The van der Waals surface area contributed by atoms with Crippen LogP contribution < -0.4 is 15.5 Å². The van der Waals surface area contributed by atoms with Gasteiger partial charge in [0.15, 0.2) is 17.5 Å². The molecule has 0 bridgehead atoms. The predicted molar refractivity (Wildman–Crippen MR) is 84.2 cm³/mol. The number of halogens is 3. The number of rotatable bonds is 5. The first-order valence-corrected chi connectivity index (χ1v) is 6.83. The molecule has 2 aromatic rings. The van der Waals surface area contributed by atoms with E-state index < -0.39 is 29.0 Å². The molecule has 0 aliphatic heterocycles. The van der Waals surface area contributed by atoms with Crippen molar-refractivity contribution in [1.29, 1.82) is 0 Å². The fourth-order valence-corrected chi connectivity index (χ4v) is 1.88. The second-order valence-corrected chi connectivity index (χ2v) is 5.07. The van der Waals surface area contributed by atoms with Crippen LogP contribution in [-0.2, 0) is 4.79 Å². The van der Waals surface area contributed by atoms with Crippen molar-refractivity contribution >= 4 is 23.0 Å². The lowest BCUT2D eigenvalue weighted by Crippen LogP contribution is -2.22. The minimum Gasteiger partial charge on any atom is -0.378 e.